The summed E-state index contributed by atoms with van der Waals surface area (Å²) < 4.78 is 10.5. The molecular weight excluding hydrogens is 240 g/mol. The highest BCUT2D eigenvalue weighted by atomic mass is 35.5. The molecule has 0 aromatic heterocycles. The average Bonchev–Trinajstić information content (AvgIpc) is 2.77. The second-order valence-corrected chi connectivity index (χ2v) is 4.38. The van der Waals surface area contributed by atoms with Gasteiger partial charge >= 0.3 is 0 Å². The van der Waals surface area contributed by atoms with Crippen LogP contribution >= 0.6 is 11.6 Å². The lowest BCUT2D eigenvalue weighted by atomic mass is 10.1. The van der Waals surface area contributed by atoms with E-state index in [4.69, 9.17) is 26.3 Å². The number of benzene rings is 1. The fraction of sp³-hybridized carbons (Fsp3) is 0.417. The van der Waals surface area contributed by atoms with Crippen LogP contribution in [0.5, 0.6) is 11.5 Å². The molecule has 90 valence electrons. The van der Waals surface area contributed by atoms with Crippen molar-refractivity contribution in [3.8, 4) is 17.6 Å². The lowest BCUT2D eigenvalue weighted by Crippen LogP contribution is -2.19. The fourth-order valence-electron chi connectivity index (χ4n) is 1.60. The third-order valence-corrected chi connectivity index (χ3v) is 2.77. The molecule has 0 aliphatic carbocycles. The molecule has 0 amide bonds. The summed E-state index contributed by atoms with van der Waals surface area (Å²) in [6.07, 6.45) is 0. The number of hydrogen-bond donors (Lipinski definition) is 1. The zero-order chi connectivity index (χ0) is 12.3. The molecule has 1 aliphatic heterocycles. The van der Waals surface area contributed by atoms with Crippen LogP contribution in [0.15, 0.2) is 12.1 Å². The smallest absolute Gasteiger partial charge is 0.231 e. The molecule has 1 heterocycles. The van der Waals surface area contributed by atoms with Gasteiger partial charge in [0.1, 0.15) is 0 Å². The van der Waals surface area contributed by atoms with Crippen LogP contribution in [0, 0.1) is 17.2 Å². The third kappa shape index (κ3) is 2.82. The van der Waals surface area contributed by atoms with Gasteiger partial charge in [0.2, 0.25) is 6.79 Å². The first-order chi connectivity index (χ1) is 8.20. The Balaban J connectivity index is 1.98. The van der Waals surface area contributed by atoms with Crippen molar-refractivity contribution in [1.82, 2.24) is 5.32 Å². The summed E-state index contributed by atoms with van der Waals surface area (Å²) in [6, 6.07) is 5.92. The summed E-state index contributed by atoms with van der Waals surface area (Å²) in [5.41, 5.74) is 1.02. The zero-order valence-electron chi connectivity index (χ0n) is 9.50. The van der Waals surface area contributed by atoms with E-state index in [-0.39, 0.29) is 12.7 Å². The average molecular weight is 253 g/mol. The minimum Gasteiger partial charge on any atom is -0.454 e. The van der Waals surface area contributed by atoms with E-state index >= 15 is 0 Å². The van der Waals surface area contributed by atoms with Crippen molar-refractivity contribution in [2.24, 2.45) is 5.92 Å². The summed E-state index contributed by atoms with van der Waals surface area (Å²) in [5, 5.41) is 12.4. The monoisotopic (exact) mass is 252 g/mol. The quantitative estimate of drug-likeness (QED) is 0.894. The molecule has 1 N–H and O–H groups in total. The van der Waals surface area contributed by atoms with E-state index in [1.54, 1.807) is 0 Å². The predicted octanol–water partition coefficient (Wildman–Crippen LogP) is 2.32. The molecule has 1 aromatic carbocycles. The van der Waals surface area contributed by atoms with E-state index in [2.05, 4.69) is 11.4 Å². The van der Waals surface area contributed by atoms with Crippen LogP contribution < -0.4 is 14.8 Å². The first kappa shape index (κ1) is 12.0. The molecule has 1 aliphatic rings. The van der Waals surface area contributed by atoms with Crippen LogP contribution in [0.25, 0.3) is 0 Å². The van der Waals surface area contributed by atoms with Gasteiger partial charge in [0.05, 0.1) is 17.0 Å². The molecule has 2 rings (SSSR count). The summed E-state index contributed by atoms with van der Waals surface area (Å²) in [4.78, 5) is 0. The standard InChI is InChI=1S/C12H13ClN2O2/c1-8(4-14)5-15-6-9-2-10(13)12-11(3-9)16-7-17-12/h2-3,8,15H,5-7H2,1H3. The molecular formula is C12H13ClN2O2. The number of hydrogen-bond acceptors (Lipinski definition) is 4. The number of nitriles is 1. The van der Waals surface area contributed by atoms with E-state index in [1.165, 1.54) is 0 Å². The minimum absolute atomic E-state index is 0.000479. The van der Waals surface area contributed by atoms with E-state index in [9.17, 15) is 0 Å². The van der Waals surface area contributed by atoms with Crippen LogP contribution in [0.4, 0.5) is 0 Å². The number of ether oxygens (including phenoxy) is 2. The van der Waals surface area contributed by atoms with Gasteiger partial charge in [-0.2, -0.15) is 5.26 Å². The number of nitrogens with one attached hydrogen (secondary N) is 1. The molecule has 4 nitrogen and oxygen atoms in total. The van der Waals surface area contributed by atoms with Gasteiger partial charge in [-0.05, 0) is 24.6 Å². The number of rotatable bonds is 4. The molecule has 17 heavy (non-hydrogen) atoms. The maximum atomic E-state index is 8.66. The normalized spacial score (nSPS) is 14.4. The molecule has 0 spiro atoms. The van der Waals surface area contributed by atoms with Crippen LogP contribution in [0.3, 0.4) is 0 Å². The van der Waals surface area contributed by atoms with Crippen molar-refractivity contribution in [3.05, 3.63) is 22.7 Å². The van der Waals surface area contributed by atoms with Crippen molar-refractivity contribution in [1.29, 1.82) is 5.26 Å². The summed E-state index contributed by atoms with van der Waals surface area (Å²) >= 11 is 6.06. The highest BCUT2D eigenvalue weighted by Gasteiger charge is 2.18. The SMILES string of the molecule is CC(C#N)CNCc1cc(Cl)c2c(c1)OCO2. The van der Waals surface area contributed by atoms with Crippen molar-refractivity contribution < 1.29 is 9.47 Å². The van der Waals surface area contributed by atoms with Gasteiger partial charge in [0.25, 0.3) is 0 Å². The largest absolute Gasteiger partial charge is 0.454 e. The van der Waals surface area contributed by atoms with Gasteiger partial charge in [0.15, 0.2) is 11.5 Å². The van der Waals surface area contributed by atoms with Crippen molar-refractivity contribution in [2.75, 3.05) is 13.3 Å². The highest BCUT2D eigenvalue weighted by Crippen LogP contribution is 2.39. The second-order valence-electron chi connectivity index (χ2n) is 3.97. The number of nitrogens with zero attached hydrogens (tertiary/aromatic N) is 1. The minimum atomic E-state index is -0.000479. The third-order valence-electron chi connectivity index (χ3n) is 2.49. The predicted molar refractivity (Wildman–Crippen MR) is 64.1 cm³/mol. The number of fused-ring (bicyclic) bond motifs is 1. The first-order valence-electron chi connectivity index (χ1n) is 5.39. The van der Waals surface area contributed by atoms with Crippen molar-refractivity contribution in [2.45, 2.75) is 13.5 Å². The van der Waals surface area contributed by atoms with Crippen LogP contribution in [-0.4, -0.2) is 13.3 Å². The van der Waals surface area contributed by atoms with Gasteiger partial charge < -0.3 is 14.8 Å². The van der Waals surface area contributed by atoms with Gasteiger partial charge in [-0.1, -0.05) is 11.6 Å². The molecule has 0 saturated heterocycles. The summed E-state index contributed by atoms with van der Waals surface area (Å²) in [6.45, 7) is 3.40. The molecule has 1 aromatic rings. The lowest BCUT2D eigenvalue weighted by Gasteiger charge is -2.07. The molecule has 0 saturated carbocycles. The van der Waals surface area contributed by atoms with E-state index in [1.807, 2.05) is 19.1 Å². The van der Waals surface area contributed by atoms with Crippen LogP contribution in [0.1, 0.15) is 12.5 Å². The Morgan fingerprint density at radius 2 is 2.35 bits per heavy atom. The first-order valence-corrected chi connectivity index (χ1v) is 5.77. The van der Waals surface area contributed by atoms with E-state index in [0.717, 1.165) is 5.56 Å². The Hall–Kier alpha value is -1.44. The van der Waals surface area contributed by atoms with Gasteiger partial charge in [-0.15, -0.1) is 0 Å². The van der Waals surface area contributed by atoms with Crippen LogP contribution in [0.2, 0.25) is 5.02 Å². The topological polar surface area (TPSA) is 54.3 Å². The van der Waals surface area contributed by atoms with Gasteiger partial charge in [-0.3, -0.25) is 0 Å². The maximum absolute atomic E-state index is 8.66. The Kier molecular flexibility index (Phi) is 3.72. The number of halogens is 1. The van der Waals surface area contributed by atoms with Gasteiger partial charge in [0, 0.05) is 13.1 Å². The van der Waals surface area contributed by atoms with Crippen molar-refractivity contribution in [3.63, 3.8) is 0 Å². The molecule has 0 bridgehead atoms. The molecule has 1 unspecified atom stereocenters. The molecule has 1 atom stereocenters. The second kappa shape index (κ2) is 5.26. The summed E-state index contributed by atoms with van der Waals surface area (Å²) in [7, 11) is 0. The Bertz CT molecular complexity index is 457. The van der Waals surface area contributed by atoms with Crippen LogP contribution in [-0.2, 0) is 6.54 Å². The lowest BCUT2D eigenvalue weighted by molar-refractivity contribution is 0.174. The maximum Gasteiger partial charge on any atom is 0.231 e. The molecule has 0 radical (unpaired) electrons. The molecule has 5 heteroatoms. The van der Waals surface area contributed by atoms with E-state index < -0.39 is 0 Å². The zero-order valence-corrected chi connectivity index (χ0v) is 10.3. The Morgan fingerprint density at radius 3 is 3.12 bits per heavy atom. The Morgan fingerprint density at radius 1 is 1.53 bits per heavy atom. The Labute approximate surface area is 105 Å². The van der Waals surface area contributed by atoms with E-state index in [0.29, 0.717) is 29.6 Å². The fourth-order valence-corrected chi connectivity index (χ4v) is 1.89. The van der Waals surface area contributed by atoms with Crippen molar-refractivity contribution >= 4 is 11.6 Å². The molecule has 0 fully saturated rings. The van der Waals surface area contributed by atoms with Gasteiger partial charge in [-0.25, -0.2) is 0 Å². The summed E-state index contributed by atoms with van der Waals surface area (Å²) in [5.74, 6) is 1.29. The highest BCUT2D eigenvalue weighted by molar-refractivity contribution is 6.32.